The van der Waals surface area contributed by atoms with Crippen LogP contribution in [0.25, 0.3) is 0 Å². The maximum Gasteiger partial charge on any atom is 0.223 e. The Balaban J connectivity index is 1.81. The summed E-state index contributed by atoms with van der Waals surface area (Å²) >= 11 is 0. The predicted octanol–water partition coefficient (Wildman–Crippen LogP) is 4.04. The molecule has 1 N–H and O–H groups in total. The summed E-state index contributed by atoms with van der Waals surface area (Å²) in [5.41, 5.74) is 0.774. The predicted molar refractivity (Wildman–Crippen MR) is 91.6 cm³/mol. The zero-order valence-electron chi connectivity index (χ0n) is 14.7. The molecule has 1 saturated heterocycles. The van der Waals surface area contributed by atoms with E-state index in [0.29, 0.717) is 0 Å². The van der Waals surface area contributed by atoms with Crippen molar-refractivity contribution in [2.75, 3.05) is 19.6 Å². The summed E-state index contributed by atoms with van der Waals surface area (Å²) in [6, 6.07) is 4.11. The van der Waals surface area contributed by atoms with Crippen LogP contribution in [0.3, 0.4) is 0 Å². The van der Waals surface area contributed by atoms with Crippen molar-refractivity contribution in [2.45, 2.75) is 52.0 Å². The standard InChI is InChI=1S/C19H28F2N2O/c1-3-4-5-10-22-19(24)15-8-11-23(12-9-15)14(2)16-6-7-17(20)18(21)13-16/h6-7,13-15H,3-5,8-12H2,1-2H3,(H,22,24). The Kier molecular flexibility index (Phi) is 7.16. The monoisotopic (exact) mass is 338 g/mol. The van der Waals surface area contributed by atoms with Crippen molar-refractivity contribution >= 4 is 5.91 Å². The molecule has 0 spiro atoms. The van der Waals surface area contributed by atoms with Crippen LogP contribution >= 0.6 is 0 Å². The maximum atomic E-state index is 13.4. The molecular weight excluding hydrogens is 310 g/mol. The third-order valence-electron chi connectivity index (χ3n) is 4.95. The van der Waals surface area contributed by atoms with E-state index in [4.69, 9.17) is 0 Å². The fourth-order valence-electron chi connectivity index (χ4n) is 3.26. The van der Waals surface area contributed by atoms with E-state index < -0.39 is 11.6 Å². The van der Waals surface area contributed by atoms with Crippen molar-refractivity contribution in [3.05, 3.63) is 35.4 Å². The number of rotatable bonds is 7. The second-order valence-electron chi connectivity index (χ2n) is 6.66. The Morgan fingerprint density at radius 1 is 1.25 bits per heavy atom. The van der Waals surface area contributed by atoms with E-state index in [1.165, 1.54) is 12.1 Å². The van der Waals surface area contributed by atoms with Gasteiger partial charge in [-0.3, -0.25) is 9.69 Å². The number of hydrogen-bond donors (Lipinski definition) is 1. The minimum atomic E-state index is -0.815. The SMILES string of the molecule is CCCCCNC(=O)C1CCN(C(C)c2ccc(F)c(F)c2)CC1. The summed E-state index contributed by atoms with van der Waals surface area (Å²) in [4.78, 5) is 14.4. The van der Waals surface area contributed by atoms with E-state index >= 15 is 0 Å². The van der Waals surface area contributed by atoms with Crippen molar-refractivity contribution in [3.63, 3.8) is 0 Å². The van der Waals surface area contributed by atoms with Gasteiger partial charge in [0.15, 0.2) is 11.6 Å². The maximum absolute atomic E-state index is 13.4. The fraction of sp³-hybridized carbons (Fsp3) is 0.632. The van der Waals surface area contributed by atoms with Gasteiger partial charge in [0.2, 0.25) is 5.91 Å². The third-order valence-corrected chi connectivity index (χ3v) is 4.95. The van der Waals surface area contributed by atoms with Gasteiger partial charge in [0.1, 0.15) is 0 Å². The number of nitrogens with one attached hydrogen (secondary N) is 1. The minimum absolute atomic E-state index is 0.0219. The first-order valence-electron chi connectivity index (χ1n) is 8.99. The van der Waals surface area contributed by atoms with E-state index in [9.17, 15) is 13.6 Å². The second kappa shape index (κ2) is 9.11. The molecule has 1 aromatic rings. The highest BCUT2D eigenvalue weighted by molar-refractivity contribution is 5.78. The van der Waals surface area contributed by atoms with Crippen LogP contribution in [0, 0.1) is 17.6 Å². The molecule has 1 heterocycles. The summed E-state index contributed by atoms with van der Waals surface area (Å²) in [6.07, 6.45) is 4.95. The summed E-state index contributed by atoms with van der Waals surface area (Å²) < 4.78 is 26.5. The molecular formula is C19H28F2N2O. The van der Waals surface area contributed by atoms with Crippen molar-refractivity contribution < 1.29 is 13.6 Å². The molecule has 0 saturated carbocycles. The topological polar surface area (TPSA) is 32.3 Å². The zero-order chi connectivity index (χ0) is 17.5. The molecule has 0 aliphatic carbocycles. The number of carbonyl (C=O) groups is 1. The number of carbonyl (C=O) groups excluding carboxylic acids is 1. The number of halogens is 2. The van der Waals surface area contributed by atoms with Crippen LogP contribution in [0.4, 0.5) is 8.78 Å². The highest BCUT2D eigenvalue weighted by Gasteiger charge is 2.27. The van der Waals surface area contributed by atoms with Crippen LogP contribution < -0.4 is 5.32 Å². The molecule has 1 amide bonds. The Labute approximate surface area is 143 Å². The summed E-state index contributed by atoms with van der Waals surface area (Å²) in [5, 5.41) is 3.03. The van der Waals surface area contributed by atoms with Crippen LogP contribution in [0.1, 0.15) is 57.6 Å². The number of hydrogen-bond acceptors (Lipinski definition) is 2. The largest absolute Gasteiger partial charge is 0.356 e. The molecule has 1 atom stereocenters. The number of benzene rings is 1. The van der Waals surface area contributed by atoms with Gasteiger partial charge in [-0.05, 0) is 57.0 Å². The van der Waals surface area contributed by atoms with Gasteiger partial charge in [-0.1, -0.05) is 25.8 Å². The van der Waals surface area contributed by atoms with Gasteiger partial charge in [0.05, 0.1) is 0 Å². The summed E-state index contributed by atoms with van der Waals surface area (Å²) in [6.45, 7) is 6.50. The Hall–Kier alpha value is -1.49. The lowest BCUT2D eigenvalue weighted by atomic mass is 9.93. The first-order chi connectivity index (χ1) is 11.5. The first-order valence-corrected chi connectivity index (χ1v) is 8.99. The average Bonchev–Trinajstić information content (AvgIpc) is 2.60. The number of amides is 1. The van der Waals surface area contributed by atoms with Gasteiger partial charge in [0, 0.05) is 18.5 Å². The van der Waals surface area contributed by atoms with Crippen LogP contribution in [0.15, 0.2) is 18.2 Å². The Morgan fingerprint density at radius 2 is 1.96 bits per heavy atom. The van der Waals surface area contributed by atoms with Gasteiger partial charge in [-0.2, -0.15) is 0 Å². The zero-order valence-corrected chi connectivity index (χ0v) is 14.7. The number of nitrogens with zero attached hydrogens (tertiary/aromatic N) is 1. The van der Waals surface area contributed by atoms with E-state index in [0.717, 1.165) is 57.3 Å². The molecule has 1 aromatic carbocycles. The second-order valence-corrected chi connectivity index (χ2v) is 6.66. The van der Waals surface area contributed by atoms with E-state index in [-0.39, 0.29) is 17.9 Å². The highest BCUT2D eigenvalue weighted by atomic mass is 19.2. The van der Waals surface area contributed by atoms with Gasteiger partial charge in [0.25, 0.3) is 0 Å². The van der Waals surface area contributed by atoms with Gasteiger partial charge >= 0.3 is 0 Å². The molecule has 1 unspecified atom stereocenters. The Bertz CT molecular complexity index is 542. The molecule has 2 rings (SSSR count). The summed E-state index contributed by atoms with van der Waals surface area (Å²) in [7, 11) is 0. The van der Waals surface area contributed by atoms with Gasteiger partial charge in [-0.15, -0.1) is 0 Å². The average molecular weight is 338 g/mol. The molecule has 0 radical (unpaired) electrons. The van der Waals surface area contributed by atoms with Crippen LogP contribution in [-0.4, -0.2) is 30.4 Å². The van der Waals surface area contributed by atoms with Crippen LogP contribution in [0.2, 0.25) is 0 Å². The molecule has 24 heavy (non-hydrogen) atoms. The summed E-state index contributed by atoms with van der Waals surface area (Å²) in [5.74, 6) is -1.39. The van der Waals surface area contributed by atoms with Crippen LogP contribution in [0.5, 0.6) is 0 Å². The number of piperidine rings is 1. The van der Waals surface area contributed by atoms with E-state index in [1.807, 2.05) is 6.92 Å². The third kappa shape index (κ3) is 5.00. The van der Waals surface area contributed by atoms with E-state index in [2.05, 4.69) is 17.1 Å². The molecule has 1 aliphatic rings. The Morgan fingerprint density at radius 3 is 2.58 bits per heavy atom. The molecule has 1 fully saturated rings. The smallest absolute Gasteiger partial charge is 0.223 e. The molecule has 3 nitrogen and oxygen atoms in total. The van der Waals surface area contributed by atoms with E-state index in [1.54, 1.807) is 6.07 Å². The fourth-order valence-corrected chi connectivity index (χ4v) is 3.26. The molecule has 5 heteroatoms. The molecule has 1 aliphatic heterocycles. The minimum Gasteiger partial charge on any atom is -0.356 e. The van der Waals surface area contributed by atoms with Crippen molar-refractivity contribution in [2.24, 2.45) is 5.92 Å². The lowest BCUT2D eigenvalue weighted by molar-refractivity contribution is -0.126. The number of likely N-dealkylation sites (tertiary alicyclic amines) is 1. The normalized spacial score (nSPS) is 17.7. The lowest BCUT2D eigenvalue weighted by Crippen LogP contribution is -2.41. The number of unbranched alkanes of at least 4 members (excludes halogenated alkanes) is 2. The first kappa shape index (κ1) is 18.8. The van der Waals surface area contributed by atoms with Gasteiger partial charge < -0.3 is 5.32 Å². The van der Waals surface area contributed by atoms with Gasteiger partial charge in [-0.25, -0.2) is 8.78 Å². The van der Waals surface area contributed by atoms with Crippen molar-refractivity contribution in [1.29, 1.82) is 0 Å². The lowest BCUT2D eigenvalue weighted by Gasteiger charge is -2.35. The van der Waals surface area contributed by atoms with Crippen molar-refractivity contribution in [1.82, 2.24) is 10.2 Å². The molecule has 0 aromatic heterocycles. The quantitative estimate of drug-likeness (QED) is 0.761. The molecule has 134 valence electrons. The van der Waals surface area contributed by atoms with Crippen molar-refractivity contribution in [3.8, 4) is 0 Å². The highest BCUT2D eigenvalue weighted by Crippen LogP contribution is 2.27. The molecule has 0 bridgehead atoms. The van der Waals surface area contributed by atoms with Crippen LogP contribution in [-0.2, 0) is 4.79 Å².